The summed E-state index contributed by atoms with van der Waals surface area (Å²) in [5, 5.41) is 4.17. The van der Waals surface area contributed by atoms with Crippen LogP contribution in [0.3, 0.4) is 0 Å². The highest BCUT2D eigenvalue weighted by Gasteiger charge is 2.14. The summed E-state index contributed by atoms with van der Waals surface area (Å²) in [7, 11) is -4.06. The van der Waals surface area contributed by atoms with Crippen molar-refractivity contribution >= 4 is 21.1 Å². The van der Waals surface area contributed by atoms with Crippen LogP contribution in [0.4, 0.5) is 0 Å². The minimum absolute atomic E-state index is 0.225. The van der Waals surface area contributed by atoms with E-state index < -0.39 is 15.9 Å². The summed E-state index contributed by atoms with van der Waals surface area (Å²) < 4.78 is 34.7. The Morgan fingerprint density at radius 2 is 2.07 bits per heavy atom. The Hall–Kier alpha value is -1.40. The average Bonchev–Trinajstić information content (AvgIpc) is 2.47. The fourth-order valence-corrected chi connectivity index (χ4v) is 1.77. The molecule has 0 amide bonds. The average molecular weight is 213 g/mol. The molecule has 0 atom stereocenters. The molecule has 1 heterocycles. The zero-order valence-electron chi connectivity index (χ0n) is 7.04. The van der Waals surface area contributed by atoms with Gasteiger partial charge in [0.25, 0.3) is 10.1 Å². The highest BCUT2D eigenvalue weighted by molar-refractivity contribution is 7.85. The van der Waals surface area contributed by atoms with Crippen LogP contribution in [0, 0.1) is 0 Å². The van der Waals surface area contributed by atoms with Crippen molar-refractivity contribution in [1.82, 2.24) is 5.16 Å². The summed E-state index contributed by atoms with van der Waals surface area (Å²) in [5.41, 5.74) is 0.731. The van der Waals surface area contributed by atoms with Gasteiger partial charge in [-0.15, -0.1) is 0 Å². The van der Waals surface area contributed by atoms with E-state index in [1.165, 1.54) is 0 Å². The van der Waals surface area contributed by atoms with Crippen LogP contribution in [0.5, 0.6) is 0 Å². The highest BCUT2D eigenvalue weighted by Crippen LogP contribution is 2.18. The number of fused-ring (bicyclic) bond motifs is 1. The van der Waals surface area contributed by atoms with E-state index >= 15 is 0 Å². The van der Waals surface area contributed by atoms with E-state index in [2.05, 4.69) is 5.16 Å². The largest absolute Gasteiger partial charge is 0.356 e. The Balaban J connectivity index is 2.54. The maximum atomic E-state index is 10.6. The van der Waals surface area contributed by atoms with Gasteiger partial charge in [-0.3, -0.25) is 4.55 Å². The van der Waals surface area contributed by atoms with Gasteiger partial charge in [0.15, 0.2) is 5.58 Å². The lowest BCUT2D eigenvalue weighted by molar-refractivity contribution is 0.443. The predicted octanol–water partition coefficient (Wildman–Crippen LogP) is 1.22. The van der Waals surface area contributed by atoms with E-state index in [4.69, 9.17) is 9.08 Å². The number of benzene rings is 1. The Morgan fingerprint density at radius 3 is 2.79 bits per heavy atom. The normalized spacial score (nSPS) is 12.1. The first-order valence-electron chi connectivity index (χ1n) is 3.85. The molecule has 1 N–H and O–H groups in total. The van der Waals surface area contributed by atoms with E-state index in [1.807, 2.05) is 0 Å². The fourth-order valence-electron chi connectivity index (χ4n) is 1.21. The zero-order valence-corrected chi connectivity index (χ0v) is 7.86. The molecule has 5 nitrogen and oxygen atoms in total. The minimum atomic E-state index is -4.06. The van der Waals surface area contributed by atoms with E-state index in [1.54, 1.807) is 24.3 Å². The zero-order chi connectivity index (χ0) is 10.2. The van der Waals surface area contributed by atoms with Gasteiger partial charge in [0, 0.05) is 5.39 Å². The molecular formula is C8H7NO4S. The molecule has 0 aliphatic heterocycles. The van der Waals surface area contributed by atoms with E-state index in [-0.39, 0.29) is 5.69 Å². The summed E-state index contributed by atoms with van der Waals surface area (Å²) in [5.74, 6) is -0.524. The lowest BCUT2D eigenvalue weighted by Crippen LogP contribution is -2.01. The second kappa shape index (κ2) is 3.07. The summed E-state index contributed by atoms with van der Waals surface area (Å²) >= 11 is 0. The number of rotatable bonds is 2. The van der Waals surface area contributed by atoms with Crippen LogP contribution in [-0.2, 0) is 15.9 Å². The second-order valence-corrected chi connectivity index (χ2v) is 4.30. The summed E-state index contributed by atoms with van der Waals surface area (Å²) in [6.07, 6.45) is 0. The molecule has 2 rings (SSSR count). The number of hydrogen-bond acceptors (Lipinski definition) is 4. The van der Waals surface area contributed by atoms with Crippen molar-refractivity contribution in [2.45, 2.75) is 5.75 Å². The molecule has 2 aromatic rings. The van der Waals surface area contributed by atoms with E-state index in [9.17, 15) is 8.42 Å². The van der Waals surface area contributed by atoms with Crippen LogP contribution >= 0.6 is 0 Å². The van der Waals surface area contributed by atoms with Crippen molar-refractivity contribution in [3.8, 4) is 0 Å². The molecule has 0 fully saturated rings. The smallest absolute Gasteiger partial charge is 0.270 e. The van der Waals surface area contributed by atoms with Gasteiger partial charge in [-0.05, 0) is 12.1 Å². The Morgan fingerprint density at radius 1 is 1.36 bits per heavy atom. The Bertz CT molecular complexity index is 557. The van der Waals surface area contributed by atoms with Gasteiger partial charge in [0.2, 0.25) is 0 Å². The van der Waals surface area contributed by atoms with Crippen LogP contribution in [-0.4, -0.2) is 18.1 Å². The molecule has 14 heavy (non-hydrogen) atoms. The van der Waals surface area contributed by atoms with E-state index in [0.717, 1.165) is 0 Å². The van der Waals surface area contributed by atoms with Crippen LogP contribution < -0.4 is 0 Å². The third-order valence-electron chi connectivity index (χ3n) is 1.77. The third kappa shape index (κ3) is 1.75. The molecule has 6 heteroatoms. The second-order valence-electron chi connectivity index (χ2n) is 2.85. The van der Waals surface area contributed by atoms with Crippen molar-refractivity contribution in [1.29, 1.82) is 0 Å². The Kier molecular flexibility index (Phi) is 2.01. The standard InChI is InChI=1S/C8H7NO4S/c10-14(11,12)5-7-6-3-1-2-4-8(6)13-9-7/h1-4H,5H2,(H,10,11,12). The van der Waals surface area contributed by atoms with Gasteiger partial charge in [-0.2, -0.15) is 8.42 Å². The van der Waals surface area contributed by atoms with Crippen LogP contribution in [0.1, 0.15) is 5.69 Å². The molecule has 0 bridgehead atoms. The number of para-hydroxylation sites is 1. The van der Waals surface area contributed by atoms with Crippen LogP contribution in [0.25, 0.3) is 11.0 Å². The molecule has 0 unspecified atom stereocenters. The molecule has 0 saturated carbocycles. The number of aromatic nitrogens is 1. The maximum absolute atomic E-state index is 10.6. The Labute approximate surface area is 80.1 Å². The minimum Gasteiger partial charge on any atom is -0.356 e. The first-order valence-corrected chi connectivity index (χ1v) is 5.45. The first kappa shape index (κ1) is 9.17. The molecule has 0 aliphatic carbocycles. The molecular weight excluding hydrogens is 206 g/mol. The predicted molar refractivity (Wildman–Crippen MR) is 49.3 cm³/mol. The van der Waals surface area contributed by atoms with Crippen molar-refractivity contribution in [3.63, 3.8) is 0 Å². The van der Waals surface area contributed by atoms with Gasteiger partial charge in [-0.25, -0.2) is 0 Å². The third-order valence-corrected chi connectivity index (χ3v) is 2.41. The summed E-state index contributed by atoms with van der Waals surface area (Å²) in [6, 6.07) is 6.86. The van der Waals surface area contributed by atoms with Crippen molar-refractivity contribution < 1.29 is 17.5 Å². The SMILES string of the molecule is O=S(=O)(O)Cc1noc2ccccc12. The van der Waals surface area contributed by atoms with Gasteiger partial charge in [0.05, 0.1) is 0 Å². The van der Waals surface area contributed by atoms with E-state index in [0.29, 0.717) is 11.0 Å². The monoisotopic (exact) mass is 213 g/mol. The van der Waals surface area contributed by atoms with Crippen molar-refractivity contribution in [2.24, 2.45) is 0 Å². The quantitative estimate of drug-likeness (QED) is 0.758. The molecule has 0 radical (unpaired) electrons. The molecule has 74 valence electrons. The van der Waals surface area contributed by atoms with Gasteiger partial charge < -0.3 is 4.52 Å². The molecule has 0 spiro atoms. The van der Waals surface area contributed by atoms with Crippen LogP contribution in [0.2, 0.25) is 0 Å². The lowest BCUT2D eigenvalue weighted by atomic mass is 10.2. The maximum Gasteiger partial charge on any atom is 0.270 e. The van der Waals surface area contributed by atoms with Crippen molar-refractivity contribution in [3.05, 3.63) is 30.0 Å². The number of hydrogen-bond donors (Lipinski definition) is 1. The molecule has 1 aromatic heterocycles. The summed E-state index contributed by atoms with van der Waals surface area (Å²) in [4.78, 5) is 0. The highest BCUT2D eigenvalue weighted by atomic mass is 32.2. The fraction of sp³-hybridized carbons (Fsp3) is 0.125. The molecule has 0 aliphatic rings. The molecule has 1 aromatic carbocycles. The van der Waals surface area contributed by atoms with Gasteiger partial charge in [-0.1, -0.05) is 17.3 Å². The molecule has 0 saturated heterocycles. The van der Waals surface area contributed by atoms with Crippen molar-refractivity contribution in [2.75, 3.05) is 0 Å². The van der Waals surface area contributed by atoms with Crippen LogP contribution in [0.15, 0.2) is 28.8 Å². The lowest BCUT2D eigenvalue weighted by Gasteiger charge is -1.91. The van der Waals surface area contributed by atoms with Gasteiger partial charge in [0.1, 0.15) is 11.4 Å². The van der Waals surface area contributed by atoms with Gasteiger partial charge >= 0.3 is 0 Å². The summed E-state index contributed by atoms with van der Waals surface area (Å²) in [6.45, 7) is 0. The number of nitrogens with zero attached hydrogens (tertiary/aromatic N) is 1. The topological polar surface area (TPSA) is 80.4 Å². The first-order chi connectivity index (χ1) is 6.56.